The van der Waals surface area contributed by atoms with Crippen molar-refractivity contribution in [1.29, 1.82) is 0 Å². The molecular weight excluding hydrogens is 322 g/mol. The molecule has 0 aliphatic rings. The monoisotopic (exact) mass is 333 g/mol. The molecule has 2 atom stereocenters. The fourth-order valence-corrected chi connectivity index (χ4v) is 1.71. The summed E-state index contributed by atoms with van der Waals surface area (Å²) in [5.41, 5.74) is 0.0902. The Labute approximate surface area is 127 Å². The van der Waals surface area contributed by atoms with Crippen LogP contribution in [-0.2, 0) is 14.5 Å². The van der Waals surface area contributed by atoms with E-state index < -0.39 is 40.5 Å². The Bertz CT molecular complexity index is 563. The molecule has 0 heterocycles. The minimum atomic E-state index is -1.55. The average Bonchev–Trinajstić information content (AvgIpc) is 2.44. The van der Waals surface area contributed by atoms with Gasteiger partial charge in [-0.05, 0) is 17.7 Å². The maximum atomic E-state index is 10.6. The molecule has 126 valence electrons. The summed E-state index contributed by atoms with van der Waals surface area (Å²) in [5, 5.41) is 36.9. The van der Waals surface area contributed by atoms with Crippen LogP contribution in [-0.4, -0.2) is 33.1 Å². The molecule has 0 aliphatic heterocycles. The van der Waals surface area contributed by atoms with E-state index in [4.69, 9.17) is 0 Å². The summed E-state index contributed by atoms with van der Waals surface area (Å²) >= 11 is 0. The lowest BCUT2D eigenvalue weighted by Crippen LogP contribution is -2.30. The Balaban J connectivity index is 2.99. The molecule has 0 aromatic heterocycles. The van der Waals surface area contributed by atoms with E-state index in [0.29, 0.717) is 0 Å². The van der Waals surface area contributed by atoms with Crippen molar-refractivity contribution in [3.8, 4) is 5.75 Å². The van der Waals surface area contributed by atoms with Crippen LogP contribution in [0.4, 0.5) is 0 Å². The fraction of sp³-hybridized carbons (Fsp3) is 0.400. The molecule has 0 aliphatic carbocycles. The number of benzene rings is 1. The number of aromatic hydroxyl groups is 1. The zero-order valence-electron chi connectivity index (χ0n) is 11.3. The first-order valence-electron chi connectivity index (χ1n) is 5.98. The third-order valence-corrected chi connectivity index (χ3v) is 2.58. The molecule has 1 rings (SSSR count). The van der Waals surface area contributed by atoms with Crippen molar-refractivity contribution < 1.29 is 34.9 Å². The van der Waals surface area contributed by atoms with Gasteiger partial charge in [0.2, 0.25) is 0 Å². The molecule has 0 saturated carbocycles. The SMILES string of the molecule is O=[N+]([O-])OCCC(O[N+](=O)[O-])C(O[N+](=O)[O-])c1ccc(O)cc1. The Morgan fingerprint density at radius 1 is 0.957 bits per heavy atom. The highest BCUT2D eigenvalue weighted by atomic mass is 17.0. The minimum Gasteiger partial charge on any atom is -0.508 e. The minimum absolute atomic E-state index is 0.0902. The van der Waals surface area contributed by atoms with Crippen molar-refractivity contribution in [2.45, 2.75) is 18.6 Å². The molecule has 0 fully saturated rings. The van der Waals surface area contributed by atoms with Gasteiger partial charge in [0.05, 0.1) is 6.61 Å². The van der Waals surface area contributed by atoms with E-state index in [1.54, 1.807) is 0 Å². The maximum absolute atomic E-state index is 10.6. The highest BCUT2D eigenvalue weighted by molar-refractivity contribution is 5.27. The summed E-state index contributed by atoms with van der Waals surface area (Å²) in [6.45, 7) is -0.596. The van der Waals surface area contributed by atoms with Gasteiger partial charge in [0.15, 0.2) is 6.10 Å². The average molecular weight is 333 g/mol. The van der Waals surface area contributed by atoms with E-state index in [0.717, 1.165) is 0 Å². The van der Waals surface area contributed by atoms with Crippen molar-refractivity contribution in [3.05, 3.63) is 60.2 Å². The number of rotatable bonds is 10. The van der Waals surface area contributed by atoms with Crippen LogP contribution in [0.25, 0.3) is 0 Å². The summed E-state index contributed by atoms with van der Waals surface area (Å²) < 4.78 is 0. The van der Waals surface area contributed by atoms with E-state index >= 15 is 0 Å². The van der Waals surface area contributed by atoms with Crippen molar-refractivity contribution in [2.24, 2.45) is 0 Å². The Kier molecular flexibility index (Phi) is 6.27. The second kappa shape index (κ2) is 8.16. The first-order chi connectivity index (χ1) is 10.8. The third-order valence-electron chi connectivity index (χ3n) is 2.58. The van der Waals surface area contributed by atoms with Crippen LogP contribution in [0.3, 0.4) is 0 Å². The molecule has 0 amide bonds. The molecule has 23 heavy (non-hydrogen) atoms. The van der Waals surface area contributed by atoms with Gasteiger partial charge in [-0.15, -0.1) is 30.3 Å². The lowest BCUT2D eigenvalue weighted by atomic mass is 10.0. The summed E-state index contributed by atoms with van der Waals surface area (Å²) in [4.78, 5) is 43.9. The first kappa shape index (κ1) is 17.7. The van der Waals surface area contributed by atoms with Gasteiger partial charge in [-0.2, -0.15) is 0 Å². The molecule has 1 N–H and O–H groups in total. The summed E-state index contributed by atoms with van der Waals surface area (Å²) in [6, 6.07) is 4.83. The summed E-state index contributed by atoms with van der Waals surface area (Å²) in [6.07, 6.45) is -3.52. The van der Waals surface area contributed by atoms with Crippen LogP contribution >= 0.6 is 0 Å². The number of phenolic OH excluding ortho intramolecular Hbond substituents is 1. The largest absolute Gasteiger partial charge is 0.508 e. The lowest BCUT2D eigenvalue weighted by Gasteiger charge is -2.23. The topological polar surface area (TPSA) is 177 Å². The summed E-state index contributed by atoms with van der Waals surface area (Å²) in [5.74, 6) is -0.142. The molecule has 1 aromatic rings. The Morgan fingerprint density at radius 2 is 1.52 bits per heavy atom. The Morgan fingerprint density at radius 3 is 2.00 bits per heavy atom. The van der Waals surface area contributed by atoms with Gasteiger partial charge in [0.1, 0.15) is 11.9 Å². The van der Waals surface area contributed by atoms with E-state index in [2.05, 4.69) is 14.5 Å². The van der Waals surface area contributed by atoms with Gasteiger partial charge >= 0.3 is 0 Å². The van der Waals surface area contributed by atoms with Gasteiger partial charge in [-0.25, -0.2) is 0 Å². The van der Waals surface area contributed by atoms with Crippen LogP contribution < -0.4 is 0 Å². The molecule has 0 saturated heterocycles. The predicted octanol–water partition coefficient (Wildman–Crippen LogP) is 0.817. The standard InChI is InChI=1S/C10H11N3O10/c14-8-3-1-7(2-4-8)10(23-13(19)20)9(22-12(17)18)5-6-21-11(15)16/h1-4,9-10,14H,5-6H2. The quantitative estimate of drug-likeness (QED) is 0.476. The third kappa shape index (κ3) is 6.28. The van der Waals surface area contributed by atoms with Gasteiger partial charge in [-0.1, -0.05) is 12.1 Å². The molecule has 13 nitrogen and oxygen atoms in total. The van der Waals surface area contributed by atoms with Crippen molar-refractivity contribution in [3.63, 3.8) is 0 Å². The zero-order valence-corrected chi connectivity index (χ0v) is 11.3. The lowest BCUT2D eigenvalue weighted by molar-refractivity contribution is -0.802. The predicted molar refractivity (Wildman–Crippen MR) is 68.4 cm³/mol. The van der Waals surface area contributed by atoms with E-state index in [-0.39, 0.29) is 11.3 Å². The second-order valence-electron chi connectivity index (χ2n) is 4.05. The molecule has 2 unspecified atom stereocenters. The van der Waals surface area contributed by atoms with E-state index in [1.165, 1.54) is 24.3 Å². The summed E-state index contributed by atoms with van der Waals surface area (Å²) in [7, 11) is 0. The normalized spacial score (nSPS) is 12.7. The number of hydrogen-bond acceptors (Lipinski definition) is 10. The second-order valence-corrected chi connectivity index (χ2v) is 4.05. The molecule has 0 spiro atoms. The van der Waals surface area contributed by atoms with Crippen LogP contribution in [0.1, 0.15) is 18.1 Å². The van der Waals surface area contributed by atoms with Crippen molar-refractivity contribution in [2.75, 3.05) is 6.61 Å². The van der Waals surface area contributed by atoms with E-state index in [1.807, 2.05) is 0 Å². The number of phenols is 1. The molecule has 0 bridgehead atoms. The number of nitrogens with zero attached hydrogens (tertiary/aromatic N) is 3. The smallest absolute Gasteiger partial charge is 0.295 e. The zero-order chi connectivity index (χ0) is 17.4. The number of hydrogen-bond donors (Lipinski definition) is 1. The maximum Gasteiger partial charge on any atom is 0.295 e. The molecule has 1 aromatic carbocycles. The highest BCUT2D eigenvalue weighted by Crippen LogP contribution is 2.27. The van der Waals surface area contributed by atoms with Crippen LogP contribution in [0.5, 0.6) is 5.75 Å². The fourth-order valence-electron chi connectivity index (χ4n) is 1.71. The van der Waals surface area contributed by atoms with Gasteiger partial charge in [0.25, 0.3) is 15.3 Å². The van der Waals surface area contributed by atoms with Crippen molar-refractivity contribution in [1.82, 2.24) is 0 Å². The van der Waals surface area contributed by atoms with Crippen molar-refractivity contribution >= 4 is 0 Å². The van der Waals surface area contributed by atoms with Gasteiger partial charge < -0.3 is 19.6 Å². The van der Waals surface area contributed by atoms with Crippen LogP contribution in [0.2, 0.25) is 0 Å². The van der Waals surface area contributed by atoms with Crippen LogP contribution in [0, 0.1) is 30.3 Å². The molecule has 0 radical (unpaired) electrons. The Hall–Kier alpha value is -3.38. The molecule has 13 heteroatoms. The first-order valence-corrected chi connectivity index (χ1v) is 5.98. The van der Waals surface area contributed by atoms with Crippen LogP contribution in [0.15, 0.2) is 24.3 Å². The van der Waals surface area contributed by atoms with Gasteiger partial charge in [0, 0.05) is 6.42 Å². The molecular formula is C10H11N3O10. The van der Waals surface area contributed by atoms with Gasteiger partial charge in [-0.3, -0.25) is 0 Å². The highest BCUT2D eigenvalue weighted by Gasteiger charge is 2.30. The van der Waals surface area contributed by atoms with E-state index in [9.17, 15) is 35.4 Å².